The summed E-state index contributed by atoms with van der Waals surface area (Å²) in [4.78, 5) is 13.8. The lowest BCUT2D eigenvalue weighted by Crippen LogP contribution is -2.30. The molecule has 0 aromatic heterocycles. The number of carbonyl (C=O) groups excluding carboxylic acids is 1. The van der Waals surface area contributed by atoms with E-state index < -0.39 is 0 Å². The normalized spacial score (nSPS) is 19.7. The molecule has 0 bridgehead atoms. The van der Waals surface area contributed by atoms with E-state index in [0.717, 1.165) is 31.5 Å². The molecule has 1 amide bonds. The van der Waals surface area contributed by atoms with Crippen LogP contribution in [0, 0.1) is 0 Å². The molecule has 0 saturated carbocycles. The van der Waals surface area contributed by atoms with Crippen LogP contribution in [0.2, 0.25) is 0 Å². The van der Waals surface area contributed by atoms with E-state index in [0.29, 0.717) is 11.6 Å². The summed E-state index contributed by atoms with van der Waals surface area (Å²) in [6.07, 6.45) is 4.24. The molecule has 1 fully saturated rings. The van der Waals surface area contributed by atoms with Crippen molar-refractivity contribution in [2.75, 3.05) is 13.2 Å². The van der Waals surface area contributed by atoms with Gasteiger partial charge in [-0.25, -0.2) is 0 Å². The molecular weight excluding hydrogens is 240 g/mol. The monoisotopic (exact) mass is 262 g/mol. The van der Waals surface area contributed by atoms with E-state index in [4.69, 9.17) is 10.8 Å². The molecule has 0 radical (unpaired) electrons. The predicted molar refractivity (Wildman–Crippen MR) is 74.7 cm³/mol. The number of carbonyl (C=O) groups is 1. The summed E-state index contributed by atoms with van der Waals surface area (Å²) in [6, 6.07) is 8.07. The van der Waals surface area contributed by atoms with E-state index in [-0.39, 0.29) is 12.5 Å². The molecular formula is C15H22N2O2. The second-order valence-corrected chi connectivity index (χ2v) is 5.15. The van der Waals surface area contributed by atoms with Crippen LogP contribution in [0.1, 0.15) is 41.6 Å². The molecule has 3 N–H and O–H groups in total. The minimum absolute atomic E-state index is 0.252. The van der Waals surface area contributed by atoms with Crippen molar-refractivity contribution in [1.29, 1.82) is 0 Å². The zero-order valence-electron chi connectivity index (χ0n) is 11.2. The summed E-state index contributed by atoms with van der Waals surface area (Å²) in [7, 11) is 0. The topological polar surface area (TPSA) is 66.6 Å². The Kier molecular flexibility index (Phi) is 4.93. The maximum atomic E-state index is 11.4. The Morgan fingerprint density at radius 3 is 2.95 bits per heavy atom. The molecule has 0 aliphatic carbocycles. The number of aliphatic hydroxyl groups is 1. The molecule has 1 heterocycles. The van der Waals surface area contributed by atoms with Crippen LogP contribution < -0.4 is 5.73 Å². The smallest absolute Gasteiger partial charge is 0.249 e. The SMILES string of the molecule is NC(=O)c1ccccc1CN1CCCC1CCCO. The van der Waals surface area contributed by atoms with E-state index in [2.05, 4.69) is 4.90 Å². The zero-order valence-corrected chi connectivity index (χ0v) is 11.2. The van der Waals surface area contributed by atoms with E-state index >= 15 is 0 Å². The Hall–Kier alpha value is -1.39. The van der Waals surface area contributed by atoms with Crippen molar-refractivity contribution in [2.24, 2.45) is 5.73 Å². The van der Waals surface area contributed by atoms with Gasteiger partial charge < -0.3 is 10.8 Å². The van der Waals surface area contributed by atoms with Gasteiger partial charge in [-0.1, -0.05) is 18.2 Å². The fourth-order valence-corrected chi connectivity index (χ4v) is 2.87. The number of primary amides is 1. The number of nitrogens with two attached hydrogens (primary N) is 1. The molecule has 2 rings (SSSR count). The summed E-state index contributed by atoms with van der Waals surface area (Å²) in [5.41, 5.74) is 7.04. The predicted octanol–water partition coefficient (Wildman–Crippen LogP) is 1.52. The van der Waals surface area contributed by atoms with Gasteiger partial charge in [-0.3, -0.25) is 9.69 Å². The fraction of sp³-hybridized carbons (Fsp3) is 0.533. The molecule has 1 saturated heterocycles. The quantitative estimate of drug-likeness (QED) is 0.817. The van der Waals surface area contributed by atoms with Crippen LogP contribution in [-0.4, -0.2) is 35.1 Å². The highest BCUT2D eigenvalue weighted by Gasteiger charge is 2.24. The lowest BCUT2D eigenvalue weighted by atomic mass is 10.0. The van der Waals surface area contributed by atoms with Crippen molar-refractivity contribution < 1.29 is 9.90 Å². The van der Waals surface area contributed by atoms with Gasteiger partial charge in [0.15, 0.2) is 0 Å². The van der Waals surface area contributed by atoms with Crippen LogP contribution in [0.3, 0.4) is 0 Å². The molecule has 1 atom stereocenters. The van der Waals surface area contributed by atoms with Crippen LogP contribution in [0.25, 0.3) is 0 Å². The summed E-state index contributed by atoms with van der Waals surface area (Å²) in [5.74, 6) is -0.360. The van der Waals surface area contributed by atoms with Crippen molar-refractivity contribution in [3.8, 4) is 0 Å². The Bertz CT molecular complexity index is 434. The number of amides is 1. The summed E-state index contributed by atoms with van der Waals surface area (Å²) in [6.45, 7) is 2.08. The first-order chi connectivity index (χ1) is 9.22. The maximum Gasteiger partial charge on any atom is 0.249 e. The number of likely N-dealkylation sites (tertiary alicyclic amines) is 1. The van der Waals surface area contributed by atoms with Crippen molar-refractivity contribution in [3.05, 3.63) is 35.4 Å². The summed E-state index contributed by atoms with van der Waals surface area (Å²) in [5, 5.41) is 8.94. The van der Waals surface area contributed by atoms with Gasteiger partial charge in [-0.15, -0.1) is 0 Å². The van der Waals surface area contributed by atoms with Gasteiger partial charge >= 0.3 is 0 Å². The molecule has 1 aromatic carbocycles. The summed E-state index contributed by atoms with van der Waals surface area (Å²) < 4.78 is 0. The summed E-state index contributed by atoms with van der Waals surface area (Å²) >= 11 is 0. The van der Waals surface area contributed by atoms with Gasteiger partial charge in [0.2, 0.25) is 5.91 Å². The first-order valence-electron chi connectivity index (χ1n) is 6.95. The highest BCUT2D eigenvalue weighted by atomic mass is 16.2. The number of nitrogens with zero attached hydrogens (tertiary/aromatic N) is 1. The first kappa shape index (κ1) is 14.0. The third-order valence-corrected chi connectivity index (χ3v) is 3.85. The van der Waals surface area contributed by atoms with Gasteiger partial charge in [-0.2, -0.15) is 0 Å². The van der Waals surface area contributed by atoms with Crippen LogP contribution in [0.15, 0.2) is 24.3 Å². The van der Waals surface area contributed by atoms with Crippen LogP contribution >= 0.6 is 0 Å². The van der Waals surface area contributed by atoms with Crippen molar-refractivity contribution >= 4 is 5.91 Å². The van der Waals surface area contributed by atoms with Crippen molar-refractivity contribution in [3.63, 3.8) is 0 Å². The average Bonchev–Trinajstić information content (AvgIpc) is 2.84. The molecule has 4 heteroatoms. The van der Waals surface area contributed by atoms with Gasteiger partial charge in [0.1, 0.15) is 0 Å². The second kappa shape index (κ2) is 6.68. The molecule has 19 heavy (non-hydrogen) atoms. The third-order valence-electron chi connectivity index (χ3n) is 3.85. The first-order valence-corrected chi connectivity index (χ1v) is 6.95. The van der Waals surface area contributed by atoms with E-state index in [1.165, 1.54) is 12.8 Å². The molecule has 1 aliphatic heterocycles. The average molecular weight is 262 g/mol. The maximum absolute atomic E-state index is 11.4. The van der Waals surface area contributed by atoms with E-state index in [1.807, 2.05) is 18.2 Å². The molecule has 1 unspecified atom stereocenters. The number of hydrogen-bond donors (Lipinski definition) is 2. The Morgan fingerprint density at radius 1 is 1.42 bits per heavy atom. The van der Waals surface area contributed by atoms with Crippen LogP contribution in [0.4, 0.5) is 0 Å². The van der Waals surface area contributed by atoms with Gasteiger partial charge in [0, 0.05) is 24.8 Å². The van der Waals surface area contributed by atoms with Crippen molar-refractivity contribution in [1.82, 2.24) is 4.90 Å². The molecule has 1 aromatic rings. The second-order valence-electron chi connectivity index (χ2n) is 5.15. The Balaban J connectivity index is 2.05. The molecule has 0 spiro atoms. The van der Waals surface area contributed by atoms with Crippen molar-refractivity contribution in [2.45, 2.75) is 38.3 Å². The van der Waals surface area contributed by atoms with Crippen LogP contribution in [0.5, 0.6) is 0 Å². The number of hydrogen-bond acceptors (Lipinski definition) is 3. The molecule has 104 valence electrons. The highest BCUT2D eigenvalue weighted by Crippen LogP contribution is 2.24. The van der Waals surface area contributed by atoms with E-state index in [9.17, 15) is 4.79 Å². The zero-order chi connectivity index (χ0) is 13.7. The van der Waals surface area contributed by atoms with Crippen LogP contribution in [-0.2, 0) is 6.54 Å². The number of benzene rings is 1. The Labute approximate surface area is 114 Å². The fourth-order valence-electron chi connectivity index (χ4n) is 2.87. The third kappa shape index (κ3) is 3.55. The lowest BCUT2D eigenvalue weighted by molar-refractivity contribution is 0.0998. The van der Waals surface area contributed by atoms with Gasteiger partial charge in [0.25, 0.3) is 0 Å². The standard InChI is InChI=1S/C15H22N2O2/c16-15(19)14-8-2-1-5-12(14)11-17-9-3-6-13(17)7-4-10-18/h1-2,5,8,13,18H,3-4,6-7,9-11H2,(H2,16,19). The number of rotatable bonds is 6. The van der Waals surface area contributed by atoms with Gasteiger partial charge in [-0.05, 0) is 43.9 Å². The number of aliphatic hydroxyl groups excluding tert-OH is 1. The minimum Gasteiger partial charge on any atom is -0.396 e. The largest absolute Gasteiger partial charge is 0.396 e. The molecule has 4 nitrogen and oxygen atoms in total. The molecule has 1 aliphatic rings. The lowest BCUT2D eigenvalue weighted by Gasteiger charge is -2.25. The van der Waals surface area contributed by atoms with Gasteiger partial charge in [0.05, 0.1) is 0 Å². The highest BCUT2D eigenvalue weighted by molar-refractivity contribution is 5.94. The Morgan fingerprint density at radius 2 is 2.21 bits per heavy atom. The van der Waals surface area contributed by atoms with E-state index in [1.54, 1.807) is 6.07 Å². The minimum atomic E-state index is -0.360.